The van der Waals surface area contributed by atoms with Crippen LogP contribution in [0, 0.1) is 6.92 Å². The topological polar surface area (TPSA) is 63.7 Å². The monoisotopic (exact) mass is 403 g/mol. The number of carbonyl (C=O) groups excluding carboxylic acids is 1. The number of ether oxygens (including phenoxy) is 1. The summed E-state index contributed by atoms with van der Waals surface area (Å²) >= 11 is 0. The van der Waals surface area contributed by atoms with Crippen molar-refractivity contribution in [3.8, 4) is 0 Å². The summed E-state index contributed by atoms with van der Waals surface area (Å²) < 4.78 is 32.5. The van der Waals surface area contributed by atoms with Crippen molar-refractivity contribution >= 4 is 16.0 Å². The second kappa shape index (κ2) is 11.0. The minimum atomic E-state index is -3.77. The number of benzene rings is 1. The maximum Gasteiger partial charge on any atom is 0.321 e. The van der Waals surface area contributed by atoms with E-state index in [4.69, 9.17) is 4.74 Å². The van der Waals surface area contributed by atoms with Gasteiger partial charge in [-0.3, -0.25) is 4.79 Å². The van der Waals surface area contributed by atoms with Gasteiger partial charge in [0.05, 0.1) is 4.90 Å². The van der Waals surface area contributed by atoms with Gasteiger partial charge in [-0.15, -0.1) is 0 Å². The molecule has 0 amide bonds. The van der Waals surface area contributed by atoms with E-state index in [1.165, 1.54) is 4.31 Å². The maximum atomic E-state index is 13.0. The SMILES string of the molecule is C=C1/C=C\CC/C=C\CCCCN(S(=O)(=O)c2ccc(C)cc2)CC(=O)OC1. The first-order chi connectivity index (χ1) is 13.4. The zero-order valence-electron chi connectivity index (χ0n) is 16.5. The van der Waals surface area contributed by atoms with Crippen molar-refractivity contribution in [3.05, 3.63) is 66.3 Å². The van der Waals surface area contributed by atoms with Gasteiger partial charge in [0.1, 0.15) is 13.2 Å². The number of hydrogen-bond acceptors (Lipinski definition) is 4. The fraction of sp³-hybridized carbons (Fsp3) is 0.409. The number of aryl methyl sites for hydroxylation is 1. The second-order valence-corrected chi connectivity index (χ2v) is 8.86. The minimum absolute atomic E-state index is 0.0591. The Balaban J connectivity index is 2.16. The second-order valence-electron chi connectivity index (χ2n) is 6.92. The van der Waals surface area contributed by atoms with Crippen LogP contribution in [0.4, 0.5) is 0 Å². The molecule has 0 aliphatic carbocycles. The number of rotatable bonds is 2. The third-order valence-electron chi connectivity index (χ3n) is 4.43. The molecule has 0 saturated carbocycles. The van der Waals surface area contributed by atoms with Gasteiger partial charge in [0, 0.05) is 6.54 Å². The number of nitrogens with zero attached hydrogens (tertiary/aromatic N) is 1. The van der Waals surface area contributed by atoms with Gasteiger partial charge in [-0.2, -0.15) is 4.31 Å². The Hall–Kier alpha value is -2.18. The van der Waals surface area contributed by atoms with Crippen LogP contribution in [-0.2, 0) is 19.6 Å². The molecule has 1 aliphatic rings. The third-order valence-corrected chi connectivity index (χ3v) is 6.29. The molecule has 0 aromatic heterocycles. The van der Waals surface area contributed by atoms with Crippen molar-refractivity contribution < 1.29 is 17.9 Å². The van der Waals surface area contributed by atoms with Gasteiger partial charge in [-0.1, -0.05) is 48.6 Å². The van der Waals surface area contributed by atoms with Crippen LogP contribution in [0.3, 0.4) is 0 Å². The highest BCUT2D eigenvalue weighted by molar-refractivity contribution is 7.89. The van der Waals surface area contributed by atoms with Crippen molar-refractivity contribution in [1.82, 2.24) is 4.31 Å². The molecule has 2 rings (SSSR count). The molecule has 28 heavy (non-hydrogen) atoms. The molecule has 0 fully saturated rings. The van der Waals surface area contributed by atoms with Crippen molar-refractivity contribution in [2.45, 2.75) is 43.9 Å². The molecule has 1 heterocycles. The van der Waals surface area contributed by atoms with Gasteiger partial charge in [0.25, 0.3) is 0 Å². The number of esters is 1. The summed E-state index contributed by atoms with van der Waals surface area (Å²) in [5.74, 6) is -0.572. The van der Waals surface area contributed by atoms with E-state index < -0.39 is 16.0 Å². The van der Waals surface area contributed by atoms with Gasteiger partial charge in [0.2, 0.25) is 10.0 Å². The van der Waals surface area contributed by atoms with E-state index in [0.29, 0.717) is 12.0 Å². The number of carbonyl (C=O) groups is 1. The highest BCUT2D eigenvalue weighted by Crippen LogP contribution is 2.18. The summed E-state index contributed by atoms with van der Waals surface area (Å²) in [6.07, 6.45) is 12.4. The number of sulfonamides is 1. The maximum absolute atomic E-state index is 13.0. The molecular weight excluding hydrogens is 374 g/mol. The molecule has 6 heteroatoms. The smallest absolute Gasteiger partial charge is 0.321 e. The van der Waals surface area contributed by atoms with E-state index in [1.807, 2.05) is 19.1 Å². The van der Waals surface area contributed by atoms with Crippen LogP contribution in [-0.4, -0.2) is 38.4 Å². The Morgan fingerprint density at radius 2 is 1.68 bits per heavy atom. The predicted molar refractivity (Wildman–Crippen MR) is 111 cm³/mol. The third kappa shape index (κ3) is 7.09. The molecule has 1 aliphatic heterocycles. The molecule has 0 unspecified atom stereocenters. The molecule has 5 nitrogen and oxygen atoms in total. The van der Waals surface area contributed by atoms with Crippen LogP contribution >= 0.6 is 0 Å². The summed E-state index contributed by atoms with van der Waals surface area (Å²) in [6.45, 7) is 5.79. The summed E-state index contributed by atoms with van der Waals surface area (Å²) in [6, 6.07) is 6.65. The lowest BCUT2D eigenvalue weighted by Gasteiger charge is -2.21. The van der Waals surface area contributed by atoms with E-state index in [2.05, 4.69) is 18.7 Å². The van der Waals surface area contributed by atoms with Crippen molar-refractivity contribution in [1.29, 1.82) is 0 Å². The normalized spacial score (nSPS) is 21.0. The van der Waals surface area contributed by atoms with Crippen molar-refractivity contribution in [2.24, 2.45) is 0 Å². The molecule has 1 aromatic rings. The first kappa shape index (κ1) is 22.1. The minimum Gasteiger partial charge on any atom is -0.460 e. The molecule has 1 aromatic carbocycles. The van der Waals surface area contributed by atoms with E-state index in [0.717, 1.165) is 31.2 Å². The Bertz CT molecular complexity index is 823. The lowest BCUT2D eigenvalue weighted by molar-refractivity contribution is -0.142. The molecule has 0 atom stereocenters. The molecule has 0 spiro atoms. The molecule has 0 radical (unpaired) electrons. The largest absolute Gasteiger partial charge is 0.460 e. The Labute approximate surface area is 168 Å². The van der Waals surface area contributed by atoms with Gasteiger partial charge in [-0.05, 0) is 56.7 Å². The van der Waals surface area contributed by atoms with Crippen molar-refractivity contribution in [3.63, 3.8) is 0 Å². The quantitative estimate of drug-likeness (QED) is 0.549. The van der Waals surface area contributed by atoms with E-state index in [9.17, 15) is 13.2 Å². The first-order valence-electron chi connectivity index (χ1n) is 9.61. The van der Waals surface area contributed by atoms with Crippen LogP contribution in [0.1, 0.15) is 37.7 Å². The highest BCUT2D eigenvalue weighted by Gasteiger charge is 2.26. The zero-order chi connectivity index (χ0) is 20.4. The van der Waals surface area contributed by atoms with E-state index in [1.54, 1.807) is 24.3 Å². The summed E-state index contributed by atoms with van der Waals surface area (Å²) in [4.78, 5) is 12.4. The Morgan fingerprint density at radius 1 is 1.00 bits per heavy atom. The van der Waals surface area contributed by atoms with Crippen molar-refractivity contribution in [2.75, 3.05) is 19.7 Å². The van der Waals surface area contributed by atoms with Crippen LogP contribution < -0.4 is 0 Å². The zero-order valence-corrected chi connectivity index (χ0v) is 17.3. The summed E-state index contributed by atoms with van der Waals surface area (Å²) in [5, 5.41) is 0. The number of cyclic esters (lactones) is 1. The first-order valence-corrected chi connectivity index (χ1v) is 11.1. The van der Waals surface area contributed by atoms with Crippen LogP contribution in [0.2, 0.25) is 0 Å². The molecule has 0 saturated heterocycles. The highest BCUT2D eigenvalue weighted by atomic mass is 32.2. The standard InChI is InChI=1S/C22H29NO4S/c1-19-12-14-21(15-13-19)28(25,26)23-16-10-8-6-4-3-5-7-9-11-20(2)18-27-22(24)17-23/h3-4,9,11-15H,2,5-8,10,16-18H2,1H3/b4-3-,11-9-. The molecule has 152 valence electrons. The van der Waals surface area contributed by atoms with Crippen LogP contribution in [0.25, 0.3) is 0 Å². The van der Waals surface area contributed by atoms with Gasteiger partial charge in [-0.25, -0.2) is 8.42 Å². The average molecular weight is 404 g/mol. The Morgan fingerprint density at radius 3 is 2.43 bits per heavy atom. The van der Waals surface area contributed by atoms with E-state index in [-0.39, 0.29) is 24.6 Å². The Kier molecular flexibility index (Phi) is 8.67. The summed E-state index contributed by atoms with van der Waals surface area (Å²) in [5.41, 5.74) is 1.65. The van der Waals surface area contributed by atoms with Crippen LogP contribution in [0.15, 0.2) is 65.6 Å². The van der Waals surface area contributed by atoms with Gasteiger partial charge in [0.15, 0.2) is 0 Å². The van der Waals surface area contributed by atoms with Gasteiger partial charge < -0.3 is 4.74 Å². The fourth-order valence-electron chi connectivity index (χ4n) is 2.78. The van der Waals surface area contributed by atoms with Gasteiger partial charge >= 0.3 is 5.97 Å². The lowest BCUT2D eigenvalue weighted by atomic mass is 10.2. The summed E-state index contributed by atoms with van der Waals surface area (Å²) in [7, 11) is -3.77. The number of allylic oxidation sites excluding steroid dienone is 3. The molecule has 0 N–H and O–H groups in total. The average Bonchev–Trinajstić information content (AvgIpc) is 2.66. The predicted octanol–water partition coefficient (Wildman–Crippen LogP) is 4.16. The lowest BCUT2D eigenvalue weighted by Crippen LogP contribution is -2.37. The van der Waals surface area contributed by atoms with E-state index >= 15 is 0 Å². The fourth-order valence-corrected chi connectivity index (χ4v) is 4.21. The number of hydrogen-bond donors (Lipinski definition) is 0. The molecule has 0 bridgehead atoms. The molecular formula is C22H29NO4S. The van der Waals surface area contributed by atoms with Crippen LogP contribution in [0.5, 0.6) is 0 Å².